The van der Waals surface area contributed by atoms with E-state index in [1.54, 1.807) is 14.0 Å². The minimum Gasteiger partial charge on any atom is -0.384 e. The smallest absolute Gasteiger partial charge is 0.225 e. The average molecular weight is 455 g/mol. The number of ether oxygens (including phenoxy) is 1. The Morgan fingerprint density at radius 3 is 2.42 bits per heavy atom. The number of hydrogen-bond donors (Lipinski definition) is 0. The van der Waals surface area contributed by atoms with Crippen LogP contribution >= 0.6 is 0 Å². The fraction of sp³-hybridized carbons (Fsp3) is 0.667. The van der Waals surface area contributed by atoms with Crippen molar-refractivity contribution < 1.29 is 14.3 Å². The molecule has 3 aliphatic rings. The first-order chi connectivity index (χ1) is 15.9. The second-order valence-corrected chi connectivity index (χ2v) is 9.27. The van der Waals surface area contributed by atoms with Crippen molar-refractivity contribution in [1.29, 1.82) is 5.26 Å². The van der Waals surface area contributed by atoms with Gasteiger partial charge in [0.05, 0.1) is 30.0 Å². The molecule has 1 atom stereocenters. The maximum atomic E-state index is 12.5. The zero-order valence-corrected chi connectivity index (χ0v) is 19.9. The highest BCUT2D eigenvalue weighted by atomic mass is 16.5. The molecular weight excluding hydrogens is 420 g/mol. The molecule has 1 saturated carbocycles. The van der Waals surface area contributed by atoms with E-state index in [9.17, 15) is 14.9 Å². The SMILES string of the molecule is COCCC(=O)N1CCN(c2nc(C3CC3)c(N3CCN(C(C)=O)CC3)cc2C#N)C[C@H]1C. The summed E-state index contributed by atoms with van der Waals surface area (Å²) >= 11 is 0. The number of anilines is 2. The highest BCUT2D eigenvalue weighted by Crippen LogP contribution is 2.45. The van der Waals surface area contributed by atoms with Crippen molar-refractivity contribution in [3.8, 4) is 6.07 Å². The maximum Gasteiger partial charge on any atom is 0.225 e. The average Bonchev–Trinajstić information content (AvgIpc) is 3.67. The third kappa shape index (κ3) is 5.06. The third-order valence-electron chi connectivity index (χ3n) is 6.93. The first-order valence-corrected chi connectivity index (χ1v) is 11.9. The zero-order chi connectivity index (χ0) is 23.5. The van der Waals surface area contributed by atoms with Crippen LogP contribution in [-0.4, -0.2) is 92.2 Å². The molecule has 1 aliphatic carbocycles. The second kappa shape index (κ2) is 9.96. The topological polar surface area (TPSA) is 93.0 Å². The molecule has 3 fully saturated rings. The molecule has 0 bridgehead atoms. The number of amides is 2. The van der Waals surface area contributed by atoms with Gasteiger partial charge in [-0.1, -0.05) is 0 Å². The molecule has 3 heterocycles. The van der Waals surface area contributed by atoms with Gasteiger partial charge in [-0.25, -0.2) is 4.98 Å². The molecule has 9 heteroatoms. The summed E-state index contributed by atoms with van der Waals surface area (Å²) < 4.78 is 5.05. The summed E-state index contributed by atoms with van der Waals surface area (Å²) in [7, 11) is 1.61. The first kappa shape index (κ1) is 23.3. The molecule has 4 rings (SSSR count). The van der Waals surface area contributed by atoms with Crippen molar-refractivity contribution >= 4 is 23.3 Å². The van der Waals surface area contributed by atoms with Crippen molar-refractivity contribution in [1.82, 2.24) is 14.8 Å². The van der Waals surface area contributed by atoms with Gasteiger partial charge in [-0.2, -0.15) is 5.26 Å². The molecule has 2 saturated heterocycles. The first-order valence-electron chi connectivity index (χ1n) is 11.9. The van der Waals surface area contributed by atoms with Crippen LogP contribution in [0.4, 0.5) is 11.5 Å². The van der Waals surface area contributed by atoms with E-state index in [4.69, 9.17) is 9.72 Å². The lowest BCUT2D eigenvalue weighted by Crippen LogP contribution is -2.54. The number of aromatic nitrogens is 1. The number of rotatable bonds is 6. The van der Waals surface area contributed by atoms with Crippen molar-refractivity contribution in [2.75, 3.05) is 69.3 Å². The van der Waals surface area contributed by atoms with Crippen molar-refractivity contribution in [3.63, 3.8) is 0 Å². The number of methoxy groups -OCH3 is 1. The molecule has 0 unspecified atom stereocenters. The van der Waals surface area contributed by atoms with E-state index in [1.165, 1.54) is 0 Å². The molecule has 9 nitrogen and oxygen atoms in total. The Morgan fingerprint density at radius 1 is 1.15 bits per heavy atom. The van der Waals surface area contributed by atoms with E-state index < -0.39 is 0 Å². The van der Waals surface area contributed by atoms with Gasteiger partial charge in [0, 0.05) is 71.8 Å². The highest BCUT2D eigenvalue weighted by molar-refractivity contribution is 5.77. The summed E-state index contributed by atoms with van der Waals surface area (Å²) in [4.78, 5) is 37.5. The van der Waals surface area contributed by atoms with Crippen LogP contribution < -0.4 is 9.80 Å². The number of nitrogens with zero attached hydrogens (tertiary/aromatic N) is 6. The Bertz CT molecular complexity index is 933. The summed E-state index contributed by atoms with van der Waals surface area (Å²) in [6.45, 7) is 8.92. The van der Waals surface area contributed by atoms with Crippen LogP contribution in [0.15, 0.2) is 6.07 Å². The number of hydrogen-bond acceptors (Lipinski definition) is 7. The molecule has 2 aliphatic heterocycles. The van der Waals surface area contributed by atoms with Gasteiger partial charge in [0.2, 0.25) is 11.8 Å². The molecule has 0 spiro atoms. The molecule has 33 heavy (non-hydrogen) atoms. The molecule has 0 N–H and O–H groups in total. The summed E-state index contributed by atoms with van der Waals surface area (Å²) in [6, 6.07) is 4.41. The Kier molecular flexibility index (Phi) is 7.03. The molecule has 1 aromatic heterocycles. The highest BCUT2D eigenvalue weighted by Gasteiger charge is 2.34. The molecule has 1 aromatic rings. The van der Waals surface area contributed by atoms with Gasteiger partial charge in [-0.15, -0.1) is 0 Å². The Labute approximate surface area is 195 Å². The van der Waals surface area contributed by atoms with Gasteiger partial charge in [0.15, 0.2) is 0 Å². The van der Waals surface area contributed by atoms with Gasteiger partial charge in [0.25, 0.3) is 0 Å². The van der Waals surface area contributed by atoms with E-state index in [0.29, 0.717) is 57.2 Å². The quantitative estimate of drug-likeness (QED) is 0.644. The summed E-state index contributed by atoms with van der Waals surface area (Å²) in [6.07, 6.45) is 2.63. The Hall–Kier alpha value is -2.86. The number of pyridine rings is 1. The van der Waals surface area contributed by atoms with Crippen molar-refractivity contribution in [3.05, 3.63) is 17.3 Å². The van der Waals surface area contributed by atoms with E-state index in [-0.39, 0.29) is 17.9 Å². The fourth-order valence-corrected chi connectivity index (χ4v) is 4.86. The van der Waals surface area contributed by atoms with Crippen LogP contribution in [-0.2, 0) is 14.3 Å². The lowest BCUT2D eigenvalue weighted by atomic mass is 10.1. The third-order valence-corrected chi connectivity index (χ3v) is 6.93. The van der Waals surface area contributed by atoms with Crippen molar-refractivity contribution in [2.24, 2.45) is 0 Å². The van der Waals surface area contributed by atoms with E-state index >= 15 is 0 Å². The minimum atomic E-state index is 0.0418. The zero-order valence-electron chi connectivity index (χ0n) is 19.9. The number of piperazine rings is 2. The second-order valence-electron chi connectivity index (χ2n) is 9.27. The Balaban J connectivity index is 1.54. The standard InChI is InChI=1S/C24H34N6O3/c1-17-16-29(11-12-30(17)22(32)6-13-33-3)24-20(15-25)14-21(23(26-24)19-4-5-19)28-9-7-27(8-10-28)18(2)31/h14,17,19H,4-13,16H2,1-3H3/t17-/m1/s1. The molecule has 2 amide bonds. The van der Waals surface area contributed by atoms with Crippen LogP contribution in [0, 0.1) is 11.3 Å². The van der Waals surface area contributed by atoms with Gasteiger partial charge in [-0.3, -0.25) is 9.59 Å². The molecule has 0 radical (unpaired) electrons. The lowest BCUT2D eigenvalue weighted by Gasteiger charge is -2.41. The van der Waals surface area contributed by atoms with Gasteiger partial charge in [-0.05, 0) is 25.8 Å². The summed E-state index contributed by atoms with van der Waals surface area (Å²) in [5, 5.41) is 9.97. The minimum absolute atomic E-state index is 0.0418. The van der Waals surface area contributed by atoms with Crippen molar-refractivity contribution in [2.45, 2.75) is 45.1 Å². The largest absolute Gasteiger partial charge is 0.384 e. The van der Waals surface area contributed by atoms with Crippen LogP contribution in [0.25, 0.3) is 0 Å². The van der Waals surface area contributed by atoms with E-state index in [1.807, 2.05) is 22.8 Å². The van der Waals surface area contributed by atoms with Crippen LogP contribution in [0.5, 0.6) is 0 Å². The lowest BCUT2D eigenvalue weighted by molar-refractivity contribution is -0.134. The molecule has 0 aromatic carbocycles. The maximum absolute atomic E-state index is 12.5. The Morgan fingerprint density at radius 2 is 1.85 bits per heavy atom. The predicted molar refractivity (Wildman–Crippen MR) is 125 cm³/mol. The number of carbonyl (C=O) groups excluding carboxylic acids is 2. The number of carbonyl (C=O) groups is 2. The van der Waals surface area contributed by atoms with Gasteiger partial charge >= 0.3 is 0 Å². The number of nitriles is 1. The van der Waals surface area contributed by atoms with Crippen LogP contribution in [0.1, 0.15) is 50.3 Å². The van der Waals surface area contributed by atoms with E-state index in [2.05, 4.69) is 15.9 Å². The monoisotopic (exact) mass is 454 g/mol. The van der Waals surface area contributed by atoms with E-state index in [0.717, 1.165) is 43.1 Å². The van der Waals surface area contributed by atoms with Crippen LogP contribution in [0.3, 0.4) is 0 Å². The molecule has 178 valence electrons. The summed E-state index contributed by atoms with van der Waals surface area (Å²) in [5.41, 5.74) is 2.70. The normalized spacial score (nSPS) is 21.2. The predicted octanol–water partition coefficient (Wildman–Crippen LogP) is 1.57. The van der Waals surface area contributed by atoms with Crippen LogP contribution in [0.2, 0.25) is 0 Å². The van der Waals surface area contributed by atoms with Gasteiger partial charge in [0.1, 0.15) is 11.9 Å². The fourth-order valence-electron chi connectivity index (χ4n) is 4.86. The summed E-state index contributed by atoms with van der Waals surface area (Å²) in [5.74, 6) is 1.39. The van der Waals surface area contributed by atoms with Gasteiger partial charge < -0.3 is 24.3 Å². The molecular formula is C24H34N6O3.